The van der Waals surface area contributed by atoms with Crippen LogP contribution in [0.25, 0.3) is 10.9 Å². The monoisotopic (exact) mass is 439 g/mol. The molecule has 1 N–H and O–H groups in total. The largest absolute Gasteiger partial charge is 0.506 e. The van der Waals surface area contributed by atoms with Gasteiger partial charge in [0.2, 0.25) is 0 Å². The molecule has 4 heteroatoms. The normalized spacial score (nSPS) is 11.4. The van der Waals surface area contributed by atoms with Crippen molar-refractivity contribution in [3.05, 3.63) is 57.4 Å². The number of fused-ring (bicyclic) bond motifs is 1. The minimum Gasteiger partial charge on any atom is -0.506 e. The third-order valence-electron chi connectivity index (χ3n) is 5.97. The summed E-state index contributed by atoms with van der Waals surface area (Å²) in [5, 5.41) is 10.9. The third kappa shape index (κ3) is 7.62. The summed E-state index contributed by atoms with van der Waals surface area (Å²) in [7, 11) is 0. The summed E-state index contributed by atoms with van der Waals surface area (Å²) in [4.78, 5) is 7.22. The van der Waals surface area contributed by atoms with E-state index < -0.39 is 0 Å². The predicted molar refractivity (Wildman–Crippen MR) is 132 cm³/mol. The van der Waals surface area contributed by atoms with E-state index in [0.717, 1.165) is 24.0 Å². The number of hydrogen-bond donors (Lipinski definition) is 1. The maximum absolute atomic E-state index is 9.92. The number of aromatic hydroxyl groups is 1. The molecule has 3 nitrogen and oxygen atoms in total. The fraction of sp³-hybridized carbons (Fsp3) is 0.519. The van der Waals surface area contributed by atoms with Crippen LogP contribution in [0, 0.1) is 13.8 Å². The van der Waals surface area contributed by atoms with E-state index in [1.165, 1.54) is 67.5 Å². The van der Waals surface area contributed by atoms with E-state index in [-0.39, 0.29) is 5.75 Å². The fourth-order valence-corrected chi connectivity index (χ4v) is 5.19. The van der Waals surface area contributed by atoms with Gasteiger partial charge in [0.15, 0.2) is 0 Å². The molecule has 0 saturated heterocycles. The van der Waals surface area contributed by atoms with Crippen LogP contribution in [0.5, 0.6) is 5.75 Å². The molecule has 168 valence electrons. The average Bonchev–Trinajstić information content (AvgIpc) is 3.10. The average molecular weight is 440 g/mol. The van der Waals surface area contributed by atoms with Crippen molar-refractivity contribution >= 4 is 22.2 Å². The summed E-state index contributed by atoms with van der Waals surface area (Å²) in [6.45, 7) is 5.84. The van der Waals surface area contributed by atoms with Crippen LogP contribution in [0.2, 0.25) is 0 Å². The van der Waals surface area contributed by atoms with Gasteiger partial charge in [0.25, 0.3) is 0 Å². The standard InChI is InChI=1S/C27H37NO2S/c1-21-19-23(22(2)31-21)13-10-8-6-4-3-5-7-9-11-18-30-20-24-15-16-26(29)27-25(24)14-12-17-28-27/h12,14-17,19,29H,3-11,13,18,20H2,1-2H3. The highest BCUT2D eigenvalue weighted by molar-refractivity contribution is 7.12. The molecule has 2 aromatic heterocycles. The fourth-order valence-electron chi connectivity index (χ4n) is 4.21. The van der Waals surface area contributed by atoms with Crippen molar-refractivity contribution in [1.29, 1.82) is 0 Å². The van der Waals surface area contributed by atoms with Gasteiger partial charge in [-0.2, -0.15) is 0 Å². The topological polar surface area (TPSA) is 42.4 Å². The second-order valence-electron chi connectivity index (χ2n) is 8.57. The summed E-state index contributed by atoms with van der Waals surface area (Å²) in [5.41, 5.74) is 3.31. The Balaban J connectivity index is 1.16. The Morgan fingerprint density at radius 2 is 1.58 bits per heavy atom. The summed E-state index contributed by atoms with van der Waals surface area (Å²) < 4.78 is 5.88. The summed E-state index contributed by atoms with van der Waals surface area (Å²) >= 11 is 1.93. The van der Waals surface area contributed by atoms with Crippen molar-refractivity contribution < 1.29 is 9.84 Å². The van der Waals surface area contributed by atoms with Crippen molar-refractivity contribution in [2.45, 2.75) is 84.7 Å². The number of thiophene rings is 1. The molecule has 0 amide bonds. The molecule has 0 fully saturated rings. The van der Waals surface area contributed by atoms with E-state index in [0.29, 0.717) is 12.1 Å². The first-order valence-corrected chi connectivity index (χ1v) is 12.7. The van der Waals surface area contributed by atoms with Gasteiger partial charge in [-0.25, -0.2) is 0 Å². The lowest BCUT2D eigenvalue weighted by Crippen LogP contribution is -1.97. The number of nitrogens with zero attached hydrogens (tertiary/aromatic N) is 1. The van der Waals surface area contributed by atoms with Gasteiger partial charge in [0.05, 0.1) is 6.61 Å². The van der Waals surface area contributed by atoms with Crippen LogP contribution in [0.15, 0.2) is 36.5 Å². The second kappa shape index (κ2) is 12.8. The van der Waals surface area contributed by atoms with E-state index in [4.69, 9.17) is 4.74 Å². The quantitative estimate of drug-likeness (QED) is 0.260. The molecule has 0 unspecified atom stereocenters. The van der Waals surface area contributed by atoms with Crippen molar-refractivity contribution in [2.75, 3.05) is 6.61 Å². The van der Waals surface area contributed by atoms with Gasteiger partial charge in [-0.3, -0.25) is 4.98 Å². The first-order valence-electron chi connectivity index (χ1n) is 11.8. The molecule has 3 aromatic rings. The van der Waals surface area contributed by atoms with Crippen molar-refractivity contribution in [1.82, 2.24) is 4.98 Å². The van der Waals surface area contributed by atoms with Crippen LogP contribution >= 0.6 is 11.3 Å². The molecule has 1 aromatic carbocycles. The highest BCUT2D eigenvalue weighted by Crippen LogP contribution is 2.26. The number of rotatable bonds is 14. The van der Waals surface area contributed by atoms with E-state index in [9.17, 15) is 5.11 Å². The van der Waals surface area contributed by atoms with Gasteiger partial charge in [-0.1, -0.05) is 57.1 Å². The Labute approximate surface area is 191 Å². The predicted octanol–water partition coefficient (Wildman–Crippen LogP) is 7.89. The highest BCUT2D eigenvalue weighted by Gasteiger charge is 2.06. The second-order valence-corrected chi connectivity index (χ2v) is 10.0. The van der Waals surface area contributed by atoms with E-state index >= 15 is 0 Å². The molecule has 0 spiro atoms. The molecular weight excluding hydrogens is 402 g/mol. The van der Waals surface area contributed by atoms with Gasteiger partial charge < -0.3 is 9.84 Å². The Kier molecular flexibility index (Phi) is 9.83. The molecule has 31 heavy (non-hydrogen) atoms. The maximum Gasteiger partial charge on any atom is 0.141 e. The highest BCUT2D eigenvalue weighted by atomic mass is 32.1. The number of pyridine rings is 1. The number of aryl methyl sites for hydroxylation is 3. The molecule has 0 aliphatic rings. The Bertz CT molecular complexity index is 934. The number of aromatic nitrogens is 1. The number of benzene rings is 1. The number of hydrogen-bond acceptors (Lipinski definition) is 4. The van der Waals surface area contributed by atoms with E-state index in [2.05, 4.69) is 24.9 Å². The van der Waals surface area contributed by atoms with Crippen LogP contribution in [-0.2, 0) is 17.8 Å². The lowest BCUT2D eigenvalue weighted by Gasteiger charge is -2.08. The van der Waals surface area contributed by atoms with Crippen LogP contribution in [0.4, 0.5) is 0 Å². The van der Waals surface area contributed by atoms with Crippen LogP contribution in [0.1, 0.15) is 78.7 Å². The lowest BCUT2D eigenvalue weighted by atomic mass is 10.0. The Morgan fingerprint density at radius 3 is 2.29 bits per heavy atom. The van der Waals surface area contributed by atoms with Gasteiger partial charge >= 0.3 is 0 Å². The Hall–Kier alpha value is -1.91. The summed E-state index contributed by atoms with van der Waals surface area (Å²) in [6, 6.07) is 9.90. The third-order valence-corrected chi connectivity index (χ3v) is 6.98. The molecular formula is C27H37NO2S. The first-order chi connectivity index (χ1) is 15.1. The molecule has 0 aliphatic heterocycles. The van der Waals surface area contributed by atoms with Crippen LogP contribution in [0.3, 0.4) is 0 Å². The lowest BCUT2D eigenvalue weighted by molar-refractivity contribution is 0.117. The molecule has 0 radical (unpaired) electrons. The number of ether oxygens (including phenoxy) is 1. The molecule has 0 bridgehead atoms. The van der Waals surface area contributed by atoms with Gasteiger partial charge in [-0.05, 0) is 62.4 Å². The van der Waals surface area contributed by atoms with Gasteiger partial charge in [-0.15, -0.1) is 11.3 Å². The summed E-state index contributed by atoms with van der Waals surface area (Å²) in [6.07, 6.45) is 14.8. The van der Waals surface area contributed by atoms with Crippen LogP contribution < -0.4 is 0 Å². The molecule has 2 heterocycles. The van der Waals surface area contributed by atoms with Crippen molar-refractivity contribution in [2.24, 2.45) is 0 Å². The summed E-state index contributed by atoms with van der Waals surface area (Å²) in [5.74, 6) is 0.229. The van der Waals surface area contributed by atoms with Gasteiger partial charge in [0.1, 0.15) is 11.3 Å². The SMILES string of the molecule is Cc1cc(CCCCCCCCCCCOCc2ccc(O)c3ncccc23)c(C)s1. The number of phenolic OH excluding ortho intramolecular Hbond substituents is 1. The molecule has 0 aliphatic carbocycles. The minimum atomic E-state index is 0.229. The molecule has 0 saturated carbocycles. The van der Waals surface area contributed by atoms with Crippen molar-refractivity contribution in [3.8, 4) is 5.75 Å². The van der Waals surface area contributed by atoms with Crippen LogP contribution in [-0.4, -0.2) is 16.7 Å². The number of phenols is 1. The number of unbranched alkanes of at least 4 members (excludes halogenated alkanes) is 8. The zero-order valence-corrected chi connectivity index (χ0v) is 20.0. The van der Waals surface area contributed by atoms with Crippen molar-refractivity contribution in [3.63, 3.8) is 0 Å². The smallest absolute Gasteiger partial charge is 0.141 e. The zero-order chi connectivity index (χ0) is 21.9. The first kappa shape index (κ1) is 23.7. The minimum absolute atomic E-state index is 0.229. The van der Waals surface area contributed by atoms with E-state index in [1.807, 2.05) is 29.5 Å². The molecule has 3 rings (SSSR count). The molecule has 0 atom stereocenters. The maximum atomic E-state index is 9.92. The Morgan fingerprint density at radius 1 is 0.871 bits per heavy atom. The van der Waals surface area contributed by atoms with Gasteiger partial charge in [0, 0.05) is 27.9 Å². The van der Waals surface area contributed by atoms with E-state index in [1.54, 1.807) is 17.8 Å². The zero-order valence-electron chi connectivity index (χ0n) is 19.2.